The number of hydrogen-bond donors (Lipinski definition) is 1. The van der Waals surface area contributed by atoms with Crippen LogP contribution in [0.5, 0.6) is 0 Å². The lowest BCUT2D eigenvalue weighted by molar-refractivity contribution is -0.133. The van der Waals surface area contributed by atoms with E-state index in [9.17, 15) is 23.6 Å². The van der Waals surface area contributed by atoms with Crippen molar-refractivity contribution in [3.05, 3.63) is 79.8 Å². The number of carbonyl (C=O) groups is 2. The summed E-state index contributed by atoms with van der Waals surface area (Å²) in [7, 11) is 0. The highest BCUT2D eigenvalue weighted by atomic mass is 35.5. The number of thioether (sulfide) groups is 1. The molecule has 1 saturated heterocycles. The number of fused-ring (bicyclic) bond motifs is 1. The van der Waals surface area contributed by atoms with E-state index in [2.05, 4.69) is 11.4 Å². The number of nitrogens with one attached hydrogen (secondary N) is 1. The van der Waals surface area contributed by atoms with E-state index < -0.39 is 23.1 Å². The summed E-state index contributed by atoms with van der Waals surface area (Å²) < 4.78 is 16.4. The lowest BCUT2D eigenvalue weighted by Crippen LogP contribution is -2.51. The van der Waals surface area contributed by atoms with Gasteiger partial charge in [-0.15, -0.1) is 11.8 Å². The maximum atomic E-state index is 14.2. The van der Waals surface area contributed by atoms with Gasteiger partial charge in [0.2, 0.25) is 5.91 Å². The van der Waals surface area contributed by atoms with E-state index in [4.69, 9.17) is 11.6 Å². The van der Waals surface area contributed by atoms with Gasteiger partial charge >= 0.3 is 11.7 Å². The standard InChI is InChI=1S/C30H33ClFN5O4S/c1-18(2)37-28(39)23(22-5-4-6-24(32)27(22)31)16-35(30(37)41)17-26(38)34-12-10-20(11-13-34)36-14-9-19-15-21(42-3)7-8-25(19)33-29(36)40/h4-8,15-16,18,20H,9-14,17H2,1-3H3,(H,33,40). The molecule has 1 N–H and O–H groups in total. The molecule has 2 aromatic carbocycles. The molecule has 12 heteroatoms. The van der Waals surface area contributed by atoms with Gasteiger partial charge in [-0.2, -0.15) is 0 Å². The fraction of sp³-hybridized carbons (Fsp3) is 0.400. The van der Waals surface area contributed by atoms with E-state index in [1.807, 2.05) is 23.3 Å². The Balaban J connectivity index is 1.30. The molecule has 0 atom stereocenters. The summed E-state index contributed by atoms with van der Waals surface area (Å²) in [5.41, 5.74) is 0.907. The highest BCUT2D eigenvalue weighted by Crippen LogP contribution is 2.29. The Labute approximate surface area is 252 Å². The van der Waals surface area contributed by atoms with Crippen molar-refractivity contribution in [1.82, 2.24) is 18.9 Å². The largest absolute Gasteiger partial charge is 0.341 e. The Hall–Kier alpha value is -3.57. The third-order valence-electron chi connectivity index (χ3n) is 7.94. The van der Waals surface area contributed by atoms with Gasteiger partial charge in [-0.05, 0) is 69.2 Å². The molecule has 3 amide bonds. The second-order valence-corrected chi connectivity index (χ2v) is 12.1. The number of amides is 3. The molecule has 0 spiro atoms. The second-order valence-electron chi connectivity index (χ2n) is 10.8. The highest BCUT2D eigenvalue weighted by molar-refractivity contribution is 7.98. The van der Waals surface area contributed by atoms with Crippen molar-refractivity contribution in [1.29, 1.82) is 0 Å². The average molecular weight is 614 g/mol. The van der Waals surface area contributed by atoms with Crippen molar-refractivity contribution < 1.29 is 14.0 Å². The molecular weight excluding hydrogens is 581 g/mol. The smallest absolute Gasteiger partial charge is 0.331 e. The SMILES string of the molecule is CSc1ccc2c(c1)CCN(C1CCN(C(=O)Cn3cc(-c4cccc(F)c4Cl)c(=O)n(C(C)C)c3=O)CC1)C(=O)N2. The molecule has 222 valence electrons. The van der Waals surface area contributed by atoms with Crippen molar-refractivity contribution in [2.24, 2.45) is 0 Å². The van der Waals surface area contributed by atoms with Crippen molar-refractivity contribution in [3.8, 4) is 11.1 Å². The number of aromatic nitrogens is 2. The molecular formula is C30H33ClFN5O4S. The van der Waals surface area contributed by atoms with Crippen LogP contribution in [-0.4, -0.2) is 62.8 Å². The third kappa shape index (κ3) is 5.85. The van der Waals surface area contributed by atoms with E-state index in [1.54, 1.807) is 30.5 Å². The minimum atomic E-state index is -0.687. The van der Waals surface area contributed by atoms with Crippen molar-refractivity contribution in [2.75, 3.05) is 31.2 Å². The van der Waals surface area contributed by atoms with E-state index >= 15 is 0 Å². The number of nitrogens with zero attached hydrogens (tertiary/aromatic N) is 4. The number of piperidine rings is 1. The van der Waals surface area contributed by atoms with Gasteiger partial charge in [-0.25, -0.2) is 14.0 Å². The first-order valence-electron chi connectivity index (χ1n) is 13.9. The van der Waals surface area contributed by atoms with Gasteiger partial charge in [-0.1, -0.05) is 23.7 Å². The minimum absolute atomic E-state index is 0.0179. The van der Waals surface area contributed by atoms with Crippen LogP contribution in [0.2, 0.25) is 5.02 Å². The topological polar surface area (TPSA) is 96.7 Å². The fourth-order valence-corrected chi connectivity index (χ4v) is 6.35. The van der Waals surface area contributed by atoms with E-state index in [0.29, 0.717) is 32.5 Å². The summed E-state index contributed by atoms with van der Waals surface area (Å²) in [5, 5.41) is 2.81. The molecule has 1 aromatic heterocycles. The zero-order chi connectivity index (χ0) is 30.1. The van der Waals surface area contributed by atoms with Gasteiger partial charge in [0.25, 0.3) is 5.56 Å². The molecule has 2 aliphatic rings. The van der Waals surface area contributed by atoms with Crippen LogP contribution in [0, 0.1) is 5.82 Å². The van der Waals surface area contributed by atoms with Gasteiger partial charge in [0.15, 0.2) is 0 Å². The Morgan fingerprint density at radius 2 is 1.83 bits per heavy atom. The van der Waals surface area contributed by atoms with Gasteiger partial charge in [0, 0.05) is 54.1 Å². The number of urea groups is 1. The second kappa shape index (κ2) is 12.3. The molecule has 42 heavy (non-hydrogen) atoms. The Bertz CT molecular complexity index is 1650. The normalized spacial score (nSPS) is 15.9. The van der Waals surface area contributed by atoms with Gasteiger partial charge in [0.1, 0.15) is 12.4 Å². The van der Waals surface area contributed by atoms with Crippen LogP contribution in [0.25, 0.3) is 11.1 Å². The lowest BCUT2D eigenvalue weighted by atomic mass is 10.0. The maximum Gasteiger partial charge on any atom is 0.331 e. The van der Waals surface area contributed by atoms with E-state index in [1.165, 1.54) is 29.0 Å². The molecule has 2 aliphatic heterocycles. The lowest BCUT2D eigenvalue weighted by Gasteiger charge is -2.38. The zero-order valence-electron chi connectivity index (χ0n) is 23.7. The first-order valence-corrected chi connectivity index (χ1v) is 15.5. The third-order valence-corrected chi connectivity index (χ3v) is 9.05. The van der Waals surface area contributed by atoms with Crippen LogP contribution in [-0.2, 0) is 17.8 Å². The molecule has 0 saturated carbocycles. The number of carbonyl (C=O) groups excluding carboxylic acids is 2. The summed E-state index contributed by atoms with van der Waals surface area (Å²) >= 11 is 7.83. The summed E-state index contributed by atoms with van der Waals surface area (Å²) in [5.74, 6) is -0.967. The number of rotatable bonds is 6. The predicted octanol–water partition coefficient (Wildman–Crippen LogP) is 4.85. The molecule has 3 heterocycles. The monoisotopic (exact) mass is 613 g/mol. The quantitative estimate of drug-likeness (QED) is 0.401. The Kier molecular flexibility index (Phi) is 8.79. The summed E-state index contributed by atoms with van der Waals surface area (Å²) in [6.45, 7) is 4.54. The molecule has 9 nitrogen and oxygen atoms in total. The predicted molar refractivity (Wildman–Crippen MR) is 163 cm³/mol. The Morgan fingerprint density at radius 3 is 2.52 bits per heavy atom. The molecule has 0 unspecified atom stereocenters. The molecule has 5 rings (SSSR count). The number of likely N-dealkylation sites (tertiary alicyclic amines) is 1. The summed E-state index contributed by atoms with van der Waals surface area (Å²) in [6.07, 6.45) is 5.27. The van der Waals surface area contributed by atoms with Crippen LogP contribution < -0.4 is 16.6 Å². The molecule has 0 aliphatic carbocycles. The van der Waals surface area contributed by atoms with E-state index in [-0.39, 0.29) is 40.7 Å². The van der Waals surface area contributed by atoms with Crippen molar-refractivity contribution >= 4 is 41.0 Å². The van der Waals surface area contributed by atoms with Gasteiger partial charge in [-0.3, -0.25) is 18.7 Å². The number of anilines is 1. The van der Waals surface area contributed by atoms with E-state index in [0.717, 1.165) is 27.1 Å². The number of hydrogen-bond acceptors (Lipinski definition) is 5. The first-order chi connectivity index (χ1) is 20.1. The summed E-state index contributed by atoms with van der Waals surface area (Å²) in [6, 6.07) is 9.54. The van der Waals surface area contributed by atoms with Crippen LogP contribution in [0.1, 0.15) is 38.3 Å². The maximum absolute atomic E-state index is 14.2. The number of halogens is 2. The van der Waals surface area contributed by atoms with Gasteiger partial charge < -0.3 is 15.1 Å². The highest BCUT2D eigenvalue weighted by Gasteiger charge is 2.32. The summed E-state index contributed by atoms with van der Waals surface area (Å²) in [4.78, 5) is 57.6. The molecule has 1 fully saturated rings. The zero-order valence-corrected chi connectivity index (χ0v) is 25.3. The van der Waals surface area contributed by atoms with Crippen LogP contribution >= 0.6 is 23.4 Å². The average Bonchev–Trinajstić information content (AvgIpc) is 3.13. The molecule has 0 radical (unpaired) electrons. The van der Waals surface area contributed by atoms with Crippen molar-refractivity contribution in [2.45, 2.75) is 56.6 Å². The van der Waals surface area contributed by atoms with Crippen LogP contribution in [0.4, 0.5) is 14.9 Å². The molecule has 3 aromatic rings. The van der Waals surface area contributed by atoms with Gasteiger partial charge in [0.05, 0.1) is 10.6 Å². The van der Waals surface area contributed by atoms with Crippen molar-refractivity contribution in [3.63, 3.8) is 0 Å². The first kappa shape index (κ1) is 29.9. The Morgan fingerprint density at radius 1 is 1.10 bits per heavy atom. The fourth-order valence-electron chi connectivity index (χ4n) is 5.66. The van der Waals surface area contributed by atoms with Crippen LogP contribution in [0.15, 0.2) is 57.1 Å². The molecule has 0 bridgehead atoms. The number of benzene rings is 2. The minimum Gasteiger partial charge on any atom is -0.341 e. The van der Waals surface area contributed by atoms with Crippen LogP contribution in [0.3, 0.4) is 0 Å².